The summed E-state index contributed by atoms with van der Waals surface area (Å²) in [7, 11) is 8.69. The third kappa shape index (κ3) is 3.90. The average Bonchev–Trinajstić information content (AvgIpc) is 2.85. The Hall–Kier alpha value is -1.16. The van der Waals surface area contributed by atoms with Crippen molar-refractivity contribution in [2.24, 2.45) is 0 Å². The predicted molar refractivity (Wildman–Crippen MR) is 116 cm³/mol. The van der Waals surface area contributed by atoms with Gasteiger partial charge in [0.05, 0.1) is 0 Å². The van der Waals surface area contributed by atoms with Gasteiger partial charge in [-0.25, -0.2) is 0 Å². The van der Waals surface area contributed by atoms with Gasteiger partial charge in [0.25, 0.3) is 0 Å². The molecule has 0 N–H and O–H groups in total. The fourth-order valence-corrected chi connectivity index (χ4v) is 4.85. The van der Waals surface area contributed by atoms with Crippen molar-refractivity contribution >= 4 is 15.9 Å². The van der Waals surface area contributed by atoms with Crippen LogP contribution in [0.3, 0.4) is 0 Å². The summed E-state index contributed by atoms with van der Waals surface area (Å²) in [6.07, 6.45) is 4.85. The second-order valence-corrected chi connectivity index (χ2v) is 9.05. The first kappa shape index (κ1) is 19.6. The summed E-state index contributed by atoms with van der Waals surface area (Å²) in [5.74, 6) is 0. The third-order valence-corrected chi connectivity index (χ3v) is 6.14. The Morgan fingerprint density at radius 1 is 0.769 bits per heavy atom. The Morgan fingerprint density at radius 2 is 1.35 bits per heavy atom. The molecule has 3 heteroatoms. The first-order valence-corrected chi connectivity index (χ1v) is 10.4. The van der Waals surface area contributed by atoms with Crippen molar-refractivity contribution in [1.29, 1.82) is 0 Å². The molecular formula is C23H31BrN2. The van der Waals surface area contributed by atoms with Gasteiger partial charge in [-0.2, -0.15) is 0 Å². The zero-order valence-electron chi connectivity index (χ0n) is 16.6. The van der Waals surface area contributed by atoms with Crippen LogP contribution in [0.1, 0.15) is 36.8 Å². The average molecular weight is 415 g/mol. The highest BCUT2D eigenvalue weighted by Crippen LogP contribution is 2.54. The molecule has 3 rings (SSSR count). The second-order valence-electron chi connectivity index (χ2n) is 8.13. The molecule has 140 valence electrons. The highest BCUT2D eigenvalue weighted by Gasteiger charge is 2.42. The van der Waals surface area contributed by atoms with Crippen LogP contribution in [0, 0.1) is 0 Å². The SMILES string of the molecule is CN(C)CCCC1(CCCN(C)C)c2ccccc2-c2ccc(Br)cc21. The topological polar surface area (TPSA) is 6.48 Å². The van der Waals surface area contributed by atoms with Crippen LogP contribution in [-0.4, -0.2) is 51.1 Å². The van der Waals surface area contributed by atoms with Gasteiger partial charge in [-0.1, -0.05) is 46.3 Å². The lowest BCUT2D eigenvalue weighted by atomic mass is 9.71. The zero-order chi connectivity index (χ0) is 18.7. The minimum atomic E-state index is 0.141. The lowest BCUT2D eigenvalue weighted by molar-refractivity contribution is 0.328. The molecule has 0 fully saturated rings. The third-order valence-electron chi connectivity index (χ3n) is 5.65. The van der Waals surface area contributed by atoms with Crippen molar-refractivity contribution in [3.63, 3.8) is 0 Å². The largest absolute Gasteiger partial charge is 0.309 e. The van der Waals surface area contributed by atoms with E-state index in [2.05, 4.69) is 96.4 Å². The summed E-state index contributed by atoms with van der Waals surface area (Å²) in [6, 6.07) is 15.9. The number of benzene rings is 2. The number of nitrogens with zero attached hydrogens (tertiary/aromatic N) is 2. The maximum Gasteiger partial charge on any atom is 0.0216 e. The van der Waals surface area contributed by atoms with Crippen LogP contribution >= 0.6 is 15.9 Å². The lowest BCUT2D eigenvalue weighted by Crippen LogP contribution is -2.28. The molecule has 0 bridgehead atoms. The van der Waals surface area contributed by atoms with E-state index in [1.54, 1.807) is 0 Å². The maximum atomic E-state index is 3.73. The quantitative estimate of drug-likeness (QED) is 0.570. The van der Waals surface area contributed by atoms with Crippen molar-refractivity contribution in [3.8, 4) is 11.1 Å². The van der Waals surface area contributed by atoms with Gasteiger partial charge in [-0.3, -0.25) is 0 Å². The van der Waals surface area contributed by atoms with E-state index in [9.17, 15) is 0 Å². The van der Waals surface area contributed by atoms with E-state index in [0.29, 0.717) is 0 Å². The lowest BCUT2D eigenvalue weighted by Gasteiger charge is -2.33. The van der Waals surface area contributed by atoms with E-state index < -0.39 is 0 Å². The molecule has 1 aliphatic rings. The second kappa shape index (κ2) is 8.24. The molecule has 0 amide bonds. The van der Waals surface area contributed by atoms with Crippen LogP contribution in [0.15, 0.2) is 46.9 Å². The number of hydrogen-bond donors (Lipinski definition) is 0. The molecule has 0 saturated heterocycles. The minimum Gasteiger partial charge on any atom is -0.309 e. The summed E-state index contributed by atoms with van der Waals surface area (Å²) in [4.78, 5) is 4.60. The Labute approximate surface area is 167 Å². The van der Waals surface area contributed by atoms with Crippen molar-refractivity contribution in [2.75, 3.05) is 41.3 Å². The van der Waals surface area contributed by atoms with Crippen LogP contribution in [0.25, 0.3) is 11.1 Å². The van der Waals surface area contributed by atoms with E-state index in [-0.39, 0.29) is 5.41 Å². The van der Waals surface area contributed by atoms with Gasteiger partial charge >= 0.3 is 0 Å². The summed E-state index contributed by atoms with van der Waals surface area (Å²) >= 11 is 3.73. The molecule has 1 aliphatic carbocycles. The van der Waals surface area contributed by atoms with E-state index in [0.717, 1.165) is 13.1 Å². The molecule has 2 aromatic rings. The van der Waals surface area contributed by atoms with Gasteiger partial charge in [-0.15, -0.1) is 0 Å². The molecule has 0 aliphatic heterocycles. The molecule has 2 aromatic carbocycles. The Morgan fingerprint density at radius 3 is 1.96 bits per heavy atom. The van der Waals surface area contributed by atoms with Crippen LogP contribution in [0.2, 0.25) is 0 Å². The van der Waals surface area contributed by atoms with Crippen molar-refractivity contribution in [2.45, 2.75) is 31.1 Å². The summed E-state index contributed by atoms with van der Waals surface area (Å²) in [5.41, 5.74) is 6.06. The number of halogens is 1. The smallest absolute Gasteiger partial charge is 0.0216 e. The molecule has 0 aromatic heterocycles. The molecule has 2 nitrogen and oxygen atoms in total. The predicted octanol–water partition coefficient (Wildman–Crippen LogP) is 5.40. The van der Waals surface area contributed by atoms with Gasteiger partial charge in [-0.05, 0) is 101 Å². The monoisotopic (exact) mass is 414 g/mol. The molecule has 0 unspecified atom stereocenters. The number of rotatable bonds is 8. The van der Waals surface area contributed by atoms with E-state index in [1.807, 2.05) is 0 Å². The molecule has 0 heterocycles. The van der Waals surface area contributed by atoms with Crippen molar-refractivity contribution in [3.05, 3.63) is 58.1 Å². The van der Waals surface area contributed by atoms with Gasteiger partial charge in [0.1, 0.15) is 0 Å². The van der Waals surface area contributed by atoms with Gasteiger partial charge in [0.15, 0.2) is 0 Å². The highest BCUT2D eigenvalue weighted by atomic mass is 79.9. The summed E-state index contributed by atoms with van der Waals surface area (Å²) in [6.45, 7) is 2.28. The molecule has 0 spiro atoms. The van der Waals surface area contributed by atoms with Gasteiger partial charge in [0.2, 0.25) is 0 Å². The fraction of sp³-hybridized carbons (Fsp3) is 0.478. The van der Waals surface area contributed by atoms with Crippen LogP contribution < -0.4 is 0 Å². The first-order chi connectivity index (χ1) is 12.4. The van der Waals surface area contributed by atoms with Gasteiger partial charge in [0, 0.05) is 9.89 Å². The summed E-state index contributed by atoms with van der Waals surface area (Å²) < 4.78 is 1.19. The van der Waals surface area contributed by atoms with Crippen molar-refractivity contribution in [1.82, 2.24) is 9.80 Å². The highest BCUT2D eigenvalue weighted by molar-refractivity contribution is 9.10. The number of hydrogen-bond acceptors (Lipinski definition) is 2. The van der Waals surface area contributed by atoms with E-state index in [4.69, 9.17) is 0 Å². The molecule has 0 radical (unpaired) electrons. The Balaban J connectivity index is 2.04. The molecular weight excluding hydrogens is 384 g/mol. The van der Waals surface area contributed by atoms with Gasteiger partial charge < -0.3 is 9.80 Å². The Kier molecular flexibility index (Phi) is 6.21. The van der Waals surface area contributed by atoms with E-state index in [1.165, 1.54) is 52.4 Å². The standard InChI is InChI=1S/C23H31BrN2/c1-25(2)15-7-13-23(14-8-16-26(3)4)21-10-6-5-9-19(21)20-12-11-18(24)17-22(20)23/h5-6,9-12,17H,7-8,13-16H2,1-4H3. The van der Waals surface area contributed by atoms with Crippen LogP contribution in [0.5, 0.6) is 0 Å². The molecule has 0 saturated carbocycles. The molecule has 0 atom stereocenters. The minimum absolute atomic E-state index is 0.141. The fourth-order valence-electron chi connectivity index (χ4n) is 4.49. The van der Waals surface area contributed by atoms with Crippen molar-refractivity contribution < 1.29 is 0 Å². The molecule has 26 heavy (non-hydrogen) atoms. The van der Waals surface area contributed by atoms with E-state index >= 15 is 0 Å². The van der Waals surface area contributed by atoms with Crippen LogP contribution in [0.4, 0.5) is 0 Å². The Bertz CT molecular complexity index is 738. The summed E-state index contributed by atoms with van der Waals surface area (Å²) in [5, 5.41) is 0. The normalized spacial score (nSPS) is 14.7. The number of fused-ring (bicyclic) bond motifs is 3. The maximum absolute atomic E-state index is 3.73. The first-order valence-electron chi connectivity index (χ1n) is 9.63. The van der Waals surface area contributed by atoms with Crippen LogP contribution in [-0.2, 0) is 5.41 Å². The zero-order valence-corrected chi connectivity index (χ0v) is 18.1.